The summed E-state index contributed by atoms with van der Waals surface area (Å²) in [5, 5.41) is 27.5. The molecular formula is C36H77N3O22P4Y. The number of rotatable bonds is 23. The van der Waals surface area contributed by atoms with E-state index in [0.717, 1.165) is 0 Å². The number of Topliss-reactive ketones (excluding diaryl/α,β-unsaturated/α-hetero) is 1. The Morgan fingerprint density at radius 1 is 0.727 bits per heavy atom. The van der Waals surface area contributed by atoms with Gasteiger partial charge in [0.1, 0.15) is 23.3 Å². The third-order valence-corrected chi connectivity index (χ3v) is 11.3. The molecule has 0 rings (SSSR count). The van der Waals surface area contributed by atoms with E-state index in [0.29, 0.717) is 19.0 Å². The van der Waals surface area contributed by atoms with Crippen LogP contribution in [-0.4, -0.2) is 151 Å². The minimum absolute atomic E-state index is 0. The van der Waals surface area contributed by atoms with E-state index in [2.05, 4.69) is 9.84 Å². The average molecular weight is 1120 g/mol. The summed E-state index contributed by atoms with van der Waals surface area (Å²) in [7, 11) is -13.5. The molecule has 0 fully saturated rings. The molecule has 66 heavy (non-hydrogen) atoms. The SMILES string of the molecule is CC(CO)C(=O)OC(C)(C)C.CCC(=O)C(CC[PH](C)=O)NC(C)=O.CCOP(=O)(CC(C)C(=O)OC(C)(C)C)OCC.NC(CCP(=O)(O)O)C(=O)O.NC(COP(=O)(O)O)C(=O)O.[Y]. The molecule has 0 spiro atoms. The topological polar surface area (TPSA) is 423 Å². The second-order valence-corrected chi connectivity index (χ2v) is 22.9. The van der Waals surface area contributed by atoms with Crippen molar-refractivity contribution >= 4 is 66.4 Å². The van der Waals surface area contributed by atoms with E-state index in [9.17, 15) is 47.0 Å². The first kappa shape index (κ1) is 76.1. The van der Waals surface area contributed by atoms with E-state index in [1.165, 1.54) is 6.92 Å². The molecule has 0 saturated heterocycles. The first-order valence-electron chi connectivity index (χ1n) is 20.1. The molecule has 0 aliphatic carbocycles. The number of ketones is 1. The van der Waals surface area contributed by atoms with Gasteiger partial charge in [0.2, 0.25) is 5.91 Å². The third kappa shape index (κ3) is 53.6. The number of phosphoric ester groups is 1. The fraction of sp³-hybridized carbons (Fsp3) is 0.833. The Hall–Kier alpha value is -1.36. The summed E-state index contributed by atoms with van der Waals surface area (Å²) in [6.07, 6.45) is 0.751. The van der Waals surface area contributed by atoms with Crippen LogP contribution in [0.15, 0.2) is 0 Å². The molecule has 0 aromatic rings. The zero-order valence-corrected chi connectivity index (χ0v) is 46.8. The number of carbonyl (C=O) groups excluding carboxylic acids is 4. The van der Waals surface area contributed by atoms with Gasteiger partial charge in [-0.25, -0.2) is 4.57 Å². The van der Waals surface area contributed by atoms with E-state index in [1.807, 2.05) is 0 Å². The average Bonchev–Trinajstić information content (AvgIpc) is 3.12. The van der Waals surface area contributed by atoms with Crippen LogP contribution >= 0.6 is 30.8 Å². The van der Waals surface area contributed by atoms with E-state index in [-0.39, 0.29) is 88.7 Å². The summed E-state index contributed by atoms with van der Waals surface area (Å²) in [4.78, 5) is 97.7. The number of aliphatic carboxylic acids is 2. The van der Waals surface area contributed by atoms with Crippen molar-refractivity contribution in [2.45, 2.75) is 132 Å². The molecule has 30 heteroatoms. The van der Waals surface area contributed by atoms with Gasteiger partial charge in [0.15, 0.2) is 5.78 Å². The predicted octanol–water partition coefficient (Wildman–Crippen LogP) is 2.71. The normalized spacial score (nSPS) is 14.2. The number of carboxylic acids is 2. The maximum absolute atomic E-state index is 12.2. The Bertz CT molecular complexity index is 1550. The van der Waals surface area contributed by atoms with Crippen molar-refractivity contribution in [2.75, 3.05) is 51.6 Å². The zero-order valence-electron chi connectivity index (χ0n) is 40.3. The summed E-state index contributed by atoms with van der Waals surface area (Å²) in [6.45, 7) is 22.1. The van der Waals surface area contributed by atoms with Crippen molar-refractivity contribution in [3.05, 3.63) is 0 Å². The molecule has 0 saturated carbocycles. The molecule has 0 aliphatic heterocycles. The van der Waals surface area contributed by atoms with E-state index >= 15 is 0 Å². The first-order valence-corrected chi connectivity index (χ1v) is 27.2. The van der Waals surface area contributed by atoms with Crippen molar-refractivity contribution in [3.63, 3.8) is 0 Å². The number of esters is 2. The largest absolute Gasteiger partial charge is 0.480 e. The fourth-order valence-corrected chi connectivity index (χ4v) is 7.21. The van der Waals surface area contributed by atoms with Crippen LogP contribution in [-0.2, 0) is 103 Å². The van der Waals surface area contributed by atoms with Crippen molar-refractivity contribution in [3.8, 4) is 0 Å². The molecule has 6 unspecified atom stereocenters. The van der Waals surface area contributed by atoms with Crippen LogP contribution in [0.5, 0.6) is 0 Å². The number of phosphoric acid groups is 1. The number of hydrogen-bond acceptors (Lipinski definition) is 18. The molecular weight excluding hydrogens is 1040 g/mol. The van der Waals surface area contributed by atoms with Gasteiger partial charge in [-0.1, -0.05) is 13.8 Å². The number of aliphatic hydroxyl groups is 1. The van der Waals surface area contributed by atoms with Crippen LogP contribution < -0.4 is 16.8 Å². The molecule has 12 N–H and O–H groups in total. The number of nitrogens with one attached hydrogen (secondary N) is 1. The number of carbonyl (C=O) groups is 6. The molecule has 1 radical (unpaired) electrons. The summed E-state index contributed by atoms with van der Waals surface area (Å²) >= 11 is 0. The van der Waals surface area contributed by atoms with Crippen molar-refractivity contribution in [1.82, 2.24) is 5.32 Å². The van der Waals surface area contributed by atoms with E-state index < -0.39 is 96.7 Å². The molecule has 0 aliphatic rings. The monoisotopic (exact) mass is 1120 g/mol. The van der Waals surface area contributed by atoms with Gasteiger partial charge >= 0.3 is 46.9 Å². The standard InChI is InChI=1S/C12H25O5P.C9H18NO3P.C8H16O3.C4H10NO5P.C3H8NO6P.Y/c1-7-15-18(14,16-8-2)9-10(3)11(13)17-12(4,5)6;1-4-9(12)8(10-7(2)11)5-6-14(3)13;1-6(5-9)7(10)11-8(2,3)4;5-3(4(6)7)1-2-11(8,9)10;4-2(3(5)6)1-10-11(7,8)9;/h10H,7-9H2,1-6H3;8,14H,4-6H2,1-3H3,(H,10,11);6,9H,5H2,1-4H3;3H,1-2,5H2,(H,6,7)(H2,8,9,10);2H,1,4H2,(H,5,6)(H2,7,8,9);. The Labute approximate surface area is 413 Å². The molecule has 6 atom stereocenters. The van der Waals surface area contributed by atoms with Gasteiger partial charge in [0.25, 0.3) is 0 Å². The summed E-state index contributed by atoms with van der Waals surface area (Å²) in [6, 6.07) is -3.06. The Balaban J connectivity index is -0.000000172. The van der Waals surface area contributed by atoms with Crippen LogP contribution in [0.3, 0.4) is 0 Å². The molecule has 0 aromatic heterocycles. The van der Waals surface area contributed by atoms with Crippen molar-refractivity contribution < 1.29 is 138 Å². The molecule has 0 bridgehead atoms. The van der Waals surface area contributed by atoms with Gasteiger partial charge in [0.05, 0.1) is 64.4 Å². The zero-order chi connectivity index (χ0) is 52.7. The molecule has 25 nitrogen and oxygen atoms in total. The molecule has 0 heterocycles. The second-order valence-electron chi connectivity index (χ2n) is 15.8. The van der Waals surface area contributed by atoms with Gasteiger partial charge in [-0.15, -0.1) is 0 Å². The number of nitrogens with two attached hydrogens (primary N) is 2. The van der Waals surface area contributed by atoms with Crippen LogP contribution in [0.1, 0.15) is 102 Å². The van der Waals surface area contributed by atoms with Gasteiger partial charge in [-0.3, -0.25) is 42.4 Å². The predicted molar refractivity (Wildman–Crippen MR) is 241 cm³/mol. The van der Waals surface area contributed by atoms with E-state index in [1.54, 1.807) is 82.8 Å². The van der Waals surface area contributed by atoms with Crippen LogP contribution in [0.2, 0.25) is 0 Å². The van der Waals surface area contributed by atoms with Crippen LogP contribution in [0.4, 0.5) is 0 Å². The minimum Gasteiger partial charge on any atom is -0.480 e. The number of carboxylic acid groups (broad SMARTS) is 2. The number of amides is 1. The summed E-state index contributed by atoms with van der Waals surface area (Å²) in [5.74, 6) is -4.52. The quantitative estimate of drug-likeness (QED) is 0.0519. The molecule has 1 amide bonds. The minimum atomic E-state index is -4.60. The fourth-order valence-electron chi connectivity index (χ4n) is 3.66. The van der Waals surface area contributed by atoms with Gasteiger partial charge < -0.3 is 74.8 Å². The maximum Gasteiger partial charge on any atom is 0.469 e. The van der Waals surface area contributed by atoms with Crippen LogP contribution in [0, 0.1) is 11.8 Å². The maximum atomic E-state index is 12.2. The van der Waals surface area contributed by atoms with E-state index in [4.69, 9.17) is 64.9 Å². The summed E-state index contributed by atoms with van der Waals surface area (Å²) in [5.41, 5.74) is 8.83. The molecule has 391 valence electrons. The summed E-state index contributed by atoms with van der Waals surface area (Å²) < 4.78 is 67.7. The second kappa shape index (κ2) is 38.4. The van der Waals surface area contributed by atoms with Crippen molar-refractivity contribution in [1.29, 1.82) is 0 Å². The Kier molecular flexibility index (Phi) is 44.3. The number of aliphatic hydroxyl groups excluding tert-OH is 1. The first-order chi connectivity index (χ1) is 29.1. The van der Waals surface area contributed by atoms with Gasteiger partial charge in [-0.2, -0.15) is 0 Å². The van der Waals surface area contributed by atoms with Gasteiger partial charge in [0, 0.05) is 52.2 Å². The number of hydrogen-bond donors (Lipinski definition) is 10. The van der Waals surface area contributed by atoms with Gasteiger partial charge in [-0.05, 0) is 81.8 Å². The van der Waals surface area contributed by atoms with Crippen LogP contribution in [0.25, 0.3) is 0 Å². The number of ether oxygens (including phenoxy) is 2. The Morgan fingerprint density at radius 2 is 1.14 bits per heavy atom. The third-order valence-electron chi connectivity index (χ3n) is 6.73. The Morgan fingerprint density at radius 3 is 1.42 bits per heavy atom. The molecule has 0 aromatic carbocycles. The smallest absolute Gasteiger partial charge is 0.469 e. The van der Waals surface area contributed by atoms with Crippen molar-refractivity contribution in [2.24, 2.45) is 23.3 Å².